The highest BCUT2D eigenvalue weighted by atomic mass is 19.1. The molecule has 3 N–H and O–H groups in total. The minimum absolute atomic E-state index is 0.0207. The van der Waals surface area contributed by atoms with E-state index in [1.54, 1.807) is 37.3 Å². The predicted molar refractivity (Wildman–Crippen MR) is 111 cm³/mol. The fourth-order valence-electron chi connectivity index (χ4n) is 3.63. The Balaban J connectivity index is 1.85. The maximum absolute atomic E-state index is 14.8. The molecule has 2 aromatic carbocycles. The Labute approximate surface area is 179 Å². The smallest absolute Gasteiger partial charge is 0.242 e. The highest BCUT2D eigenvalue weighted by molar-refractivity contribution is 6.14. The number of aryl methyl sites for hydroxylation is 1. The molecule has 0 bridgehead atoms. The molecule has 0 fully saturated rings. The van der Waals surface area contributed by atoms with Crippen molar-refractivity contribution in [1.29, 1.82) is 0 Å². The molecule has 160 valence electrons. The molecule has 0 saturated carbocycles. The van der Waals surface area contributed by atoms with Crippen LogP contribution in [0.1, 0.15) is 21.9 Å². The Morgan fingerprint density at radius 1 is 1.09 bits per heavy atom. The van der Waals surface area contributed by atoms with Crippen LogP contribution in [0.2, 0.25) is 0 Å². The van der Waals surface area contributed by atoms with E-state index in [0.29, 0.717) is 22.9 Å². The molecule has 7 nitrogen and oxygen atoms in total. The van der Waals surface area contributed by atoms with Gasteiger partial charge in [-0.25, -0.2) is 18.3 Å². The number of hydrogen-bond acceptors (Lipinski definition) is 5. The number of nitrogens with zero attached hydrogens (tertiary/aromatic N) is 2. The number of halogens is 2. The first kappa shape index (κ1) is 19.6. The van der Waals surface area contributed by atoms with Crippen molar-refractivity contribution < 1.29 is 28.2 Å². The number of para-hydroxylation sites is 2. The summed E-state index contributed by atoms with van der Waals surface area (Å²) in [6, 6.07) is 12.7. The average molecular weight is 435 g/mol. The molecule has 0 radical (unpaired) electrons. The Hall–Kier alpha value is -4.40. The van der Waals surface area contributed by atoms with E-state index in [1.807, 2.05) is 0 Å². The van der Waals surface area contributed by atoms with E-state index >= 15 is 0 Å². The lowest BCUT2D eigenvalue weighted by molar-refractivity contribution is 0.101. The summed E-state index contributed by atoms with van der Waals surface area (Å²) in [5, 5.41) is 21.5. The summed E-state index contributed by atoms with van der Waals surface area (Å²) < 4.78 is 34.8. The third-order valence-corrected chi connectivity index (χ3v) is 5.09. The summed E-state index contributed by atoms with van der Waals surface area (Å²) in [4.78, 5) is 20.6. The van der Waals surface area contributed by atoms with E-state index in [0.717, 1.165) is 16.7 Å². The molecule has 0 amide bonds. The van der Waals surface area contributed by atoms with Gasteiger partial charge in [0.2, 0.25) is 17.6 Å². The zero-order chi connectivity index (χ0) is 22.6. The van der Waals surface area contributed by atoms with Crippen molar-refractivity contribution >= 4 is 16.8 Å². The monoisotopic (exact) mass is 435 g/mol. The van der Waals surface area contributed by atoms with Crippen LogP contribution in [0, 0.1) is 18.6 Å². The SMILES string of the molecule is Cc1ccc(C(=O)c2c(O)c(O)n(-c3nc4ccccc4[nH]3)c2-c2ccc(F)cc2F)o1. The second kappa shape index (κ2) is 7.09. The first-order valence-corrected chi connectivity index (χ1v) is 9.53. The van der Waals surface area contributed by atoms with Gasteiger partial charge in [0.15, 0.2) is 11.5 Å². The number of hydrogen-bond donors (Lipinski definition) is 3. The average Bonchev–Trinajstić information content (AvgIpc) is 3.44. The molecule has 0 unspecified atom stereocenters. The van der Waals surface area contributed by atoms with Crippen LogP contribution in [-0.4, -0.2) is 30.5 Å². The molecule has 0 spiro atoms. The zero-order valence-electron chi connectivity index (χ0n) is 16.6. The number of rotatable bonds is 4. The fraction of sp³-hybridized carbons (Fsp3) is 0.0435. The van der Waals surface area contributed by atoms with Crippen LogP contribution in [0.5, 0.6) is 11.6 Å². The maximum Gasteiger partial charge on any atom is 0.242 e. The van der Waals surface area contributed by atoms with Gasteiger partial charge in [-0.3, -0.25) is 4.79 Å². The number of aromatic amines is 1. The summed E-state index contributed by atoms with van der Waals surface area (Å²) in [5.74, 6) is -3.79. The molecule has 32 heavy (non-hydrogen) atoms. The van der Waals surface area contributed by atoms with Crippen LogP contribution in [0.3, 0.4) is 0 Å². The summed E-state index contributed by atoms with van der Waals surface area (Å²) >= 11 is 0. The van der Waals surface area contributed by atoms with Crippen molar-refractivity contribution in [3.8, 4) is 28.8 Å². The number of ketones is 1. The van der Waals surface area contributed by atoms with Gasteiger partial charge in [-0.15, -0.1) is 0 Å². The number of carbonyl (C=O) groups is 1. The number of furan rings is 1. The lowest BCUT2D eigenvalue weighted by Gasteiger charge is -2.10. The molecule has 5 aromatic rings. The van der Waals surface area contributed by atoms with E-state index in [9.17, 15) is 23.8 Å². The van der Waals surface area contributed by atoms with E-state index in [-0.39, 0.29) is 23.0 Å². The van der Waals surface area contributed by atoms with Gasteiger partial charge in [0.25, 0.3) is 0 Å². The Kier molecular flexibility index (Phi) is 4.33. The van der Waals surface area contributed by atoms with Gasteiger partial charge in [0.1, 0.15) is 17.4 Å². The van der Waals surface area contributed by atoms with Crippen LogP contribution in [0.25, 0.3) is 28.2 Å². The molecule has 0 atom stereocenters. The Morgan fingerprint density at radius 3 is 2.56 bits per heavy atom. The van der Waals surface area contributed by atoms with Crippen molar-refractivity contribution in [3.05, 3.63) is 83.3 Å². The van der Waals surface area contributed by atoms with Gasteiger partial charge < -0.3 is 19.6 Å². The number of benzene rings is 2. The van der Waals surface area contributed by atoms with Gasteiger partial charge in [0.05, 0.1) is 22.3 Å². The van der Waals surface area contributed by atoms with E-state index in [1.165, 1.54) is 6.07 Å². The Morgan fingerprint density at radius 2 is 1.88 bits per heavy atom. The second-order valence-corrected chi connectivity index (χ2v) is 7.17. The molecule has 3 aromatic heterocycles. The summed E-state index contributed by atoms with van der Waals surface area (Å²) in [5.41, 5.74) is 0.290. The molecule has 3 heterocycles. The minimum Gasteiger partial charge on any atom is -0.503 e. The van der Waals surface area contributed by atoms with Gasteiger partial charge >= 0.3 is 0 Å². The molecular weight excluding hydrogens is 420 g/mol. The van der Waals surface area contributed by atoms with E-state index in [2.05, 4.69) is 9.97 Å². The fourth-order valence-corrected chi connectivity index (χ4v) is 3.63. The lowest BCUT2D eigenvalue weighted by Crippen LogP contribution is -2.06. The normalized spacial score (nSPS) is 11.3. The van der Waals surface area contributed by atoms with Gasteiger partial charge in [-0.05, 0) is 43.3 Å². The largest absolute Gasteiger partial charge is 0.503 e. The first-order chi connectivity index (χ1) is 15.3. The van der Waals surface area contributed by atoms with Crippen LogP contribution >= 0.6 is 0 Å². The van der Waals surface area contributed by atoms with Crippen LogP contribution in [0.4, 0.5) is 8.78 Å². The van der Waals surface area contributed by atoms with Gasteiger partial charge in [-0.1, -0.05) is 12.1 Å². The van der Waals surface area contributed by atoms with Gasteiger partial charge in [-0.2, -0.15) is 0 Å². The summed E-state index contributed by atoms with van der Waals surface area (Å²) in [6.45, 7) is 1.63. The molecule has 0 aliphatic rings. The predicted octanol–water partition coefficient (Wildman–Crippen LogP) is 4.84. The summed E-state index contributed by atoms with van der Waals surface area (Å²) in [7, 11) is 0. The topological polar surface area (TPSA) is 104 Å². The Bertz CT molecular complexity index is 1480. The lowest BCUT2D eigenvalue weighted by atomic mass is 10.0. The van der Waals surface area contributed by atoms with Crippen molar-refractivity contribution in [2.24, 2.45) is 0 Å². The number of fused-ring (bicyclic) bond motifs is 1. The minimum atomic E-state index is -0.996. The zero-order valence-corrected chi connectivity index (χ0v) is 16.6. The van der Waals surface area contributed by atoms with E-state index in [4.69, 9.17) is 4.42 Å². The molecule has 5 rings (SSSR count). The first-order valence-electron chi connectivity index (χ1n) is 9.53. The van der Waals surface area contributed by atoms with Crippen LogP contribution in [-0.2, 0) is 0 Å². The molecule has 9 heteroatoms. The standard InChI is InChI=1S/C23H15F2N3O4/c1-11-6-9-17(32-11)20(29)18-19(13-8-7-12(24)10-14(13)25)28(22(31)21(18)30)23-26-15-4-2-3-5-16(15)27-23/h2-10,30-31H,1H3,(H,26,27). The van der Waals surface area contributed by atoms with Crippen molar-refractivity contribution in [2.75, 3.05) is 0 Å². The number of H-pyrrole nitrogens is 1. The third-order valence-electron chi connectivity index (χ3n) is 5.09. The van der Waals surface area contributed by atoms with Crippen LogP contribution in [0.15, 0.2) is 59.0 Å². The highest BCUT2D eigenvalue weighted by Crippen LogP contribution is 2.44. The molecule has 0 saturated heterocycles. The molecular formula is C23H15F2N3O4. The van der Waals surface area contributed by atoms with Crippen molar-refractivity contribution in [1.82, 2.24) is 14.5 Å². The number of aromatic nitrogens is 3. The maximum atomic E-state index is 14.8. The van der Waals surface area contributed by atoms with Gasteiger partial charge in [0, 0.05) is 11.6 Å². The third kappa shape index (κ3) is 2.94. The second-order valence-electron chi connectivity index (χ2n) is 7.17. The van der Waals surface area contributed by atoms with Crippen molar-refractivity contribution in [3.63, 3.8) is 0 Å². The molecule has 0 aliphatic heterocycles. The number of carbonyl (C=O) groups excluding carboxylic acids is 1. The number of nitrogens with one attached hydrogen (secondary N) is 1. The quantitative estimate of drug-likeness (QED) is 0.351. The van der Waals surface area contributed by atoms with Crippen molar-refractivity contribution in [2.45, 2.75) is 6.92 Å². The highest BCUT2D eigenvalue weighted by Gasteiger charge is 2.33. The number of imidazole rings is 1. The van der Waals surface area contributed by atoms with E-state index < -0.39 is 34.6 Å². The number of aromatic hydroxyl groups is 2. The van der Waals surface area contributed by atoms with Crippen LogP contribution < -0.4 is 0 Å². The molecule has 0 aliphatic carbocycles. The summed E-state index contributed by atoms with van der Waals surface area (Å²) in [6.07, 6.45) is 0.